The summed E-state index contributed by atoms with van der Waals surface area (Å²) in [6.07, 6.45) is 13.5. The number of carbonyl (C=O) groups is 1. The first-order valence-electron chi connectivity index (χ1n) is 11.4. The average molecular weight is 430 g/mol. The van der Waals surface area contributed by atoms with Crippen LogP contribution in [-0.4, -0.2) is 42.9 Å². The summed E-state index contributed by atoms with van der Waals surface area (Å²) in [5.41, 5.74) is 0. The van der Waals surface area contributed by atoms with Gasteiger partial charge in [0.2, 0.25) is 6.41 Å². The van der Waals surface area contributed by atoms with Crippen LogP contribution in [0.2, 0.25) is 0 Å². The van der Waals surface area contributed by atoms with Crippen molar-refractivity contribution in [2.24, 2.45) is 0 Å². The van der Waals surface area contributed by atoms with Gasteiger partial charge in [0, 0.05) is 18.6 Å². The molecule has 170 valence electrons. The van der Waals surface area contributed by atoms with Gasteiger partial charge in [0.25, 0.3) is 8.53 Å². The minimum atomic E-state index is -1.10. The molecule has 0 aromatic heterocycles. The van der Waals surface area contributed by atoms with Crippen molar-refractivity contribution < 1.29 is 13.8 Å². The summed E-state index contributed by atoms with van der Waals surface area (Å²) in [6, 6.07) is 2.84. The Kier molecular flexibility index (Phi) is 20.0. The molecule has 0 rings (SSSR count). The van der Waals surface area contributed by atoms with E-state index in [1.165, 1.54) is 51.4 Å². The molecule has 7 heteroatoms. The molecule has 0 aliphatic heterocycles. The Labute approximate surface area is 180 Å². The highest BCUT2D eigenvalue weighted by atomic mass is 31.2. The molecule has 0 spiro atoms. The SMILES string of the molecule is CC(C)N(C(C)C)P(OCCC#N)OCCCCCCCCCCCCNC=O. The first kappa shape index (κ1) is 28.3. The Morgan fingerprint density at radius 2 is 1.34 bits per heavy atom. The van der Waals surface area contributed by atoms with Crippen LogP contribution in [0, 0.1) is 11.3 Å². The highest BCUT2D eigenvalue weighted by molar-refractivity contribution is 7.44. The van der Waals surface area contributed by atoms with Crippen molar-refractivity contribution in [2.75, 3.05) is 19.8 Å². The molecule has 0 heterocycles. The molecular formula is C22H44N3O3P. The van der Waals surface area contributed by atoms with Crippen molar-refractivity contribution in [3.63, 3.8) is 0 Å². The minimum absolute atomic E-state index is 0.351. The zero-order valence-electron chi connectivity index (χ0n) is 19.2. The molecule has 1 amide bonds. The van der Waals surface area contributed by atoms with Gasteiger partial charge in [-0.1, -0.05) is 51.4 Å². The van der Waals surface area contributed by atoms with Gasteiger partial charge in [-0.3, -0.25) is 4.79 Å². The normalized spacial score (nSPS) is 12.5. The van der Waals surface area contributed by atoms with Gasteiger partial charge in [-0.05, 0) is 40.5 Å². The maximum atomic E-state index is 10.1. The van der Waals surface area contributed by atoms with E-state index in [0.717, 1.165) is 32.4 Å². The Morgan fingerprint density at radius 3 is 1.83 bits per heavy atom. The second kappa shape index (κ2) is 20.5. The van der Waals surface area contributed by atoms with Crippen molar-refractivity contribution in [3.05, 3.63) is 0 Å². The molecular weight excluding hydrogens is 385 g/mol. The lowest BCUT2D eigenvalue weighted by Gasteiger charge is -2.35. The van der Waals surface area contributed by atoms with E-state index in [1.54, 1.807) is 0 Å². The van der Waals surface area contributed by atoms with E-state index in [0.29, 0.717) is 25.1 Å². The molecule has 1 N–H and O–H groups in total. The summed E-state index contributed by atoms with van der Waals surface area (Å²) in [5, 5.41) is 11.5. The van der Waals surface area contributed by atoms with Crippen LogP contribution in [-0.2, 0) is 13.8 Å². The minimum Gasteiger partial charge on any atom is -0.359 e. The van der Waals surface area contributed by atoms with Gasteiger partial charge < -0.3 is 14.4 Å². The fourth-order valence-corrected chi connectivity index (χ4v) is 4.89. The van der Waals surface area contributed by atoms with E-state index in [1.807, 2.05) is 0 Å². The lowest BCUT2D eigenvalue weighted by molar-refractivity contribution is -0.109. The number of carbonyl (C=O) groups excluding carboxylic acids is 1. The van der Waals surface area contributed by atoms with E-state index in [2.05, 4.69) is 43.8 Å². The molecule has 29 heavy (non-hydrogen) atoms. The Balaban J connectivity index is 3.78. The van der Waals surface area contributed by atoms with Gasteiger partial charge in [0.1, 0.15) is 0 Å². The molecule has 0 aromatic carbocycles. The van der Waals surface area contributed by atoms with Gasteiger partial charge in [-0.15, -0.1) is 0 Å². The fourth-order valence-electron chi connectivity index (χ4n) is 3.26. The highest BCUT2D eigenvalue weighted by Crippen LogP contribution is 2.46. The molecule has 0 saturated carbocycles. The largest absolute Gasteiger partial charge is 0.359 e. The molecule has 0 aliphatic carbocycles. The van der Waals surface area contributed by atoms with Crippen molar-refractivity contribution in [2.45, 2.75) is 110 Å². The summed E-state index contributed by atoms with van der Waals surface area (Å²) >= 11 is 0. The number of amides is 1. The third-order valence-corrected chi connectivity index (χ3v) is 6.77. The molecule has 0 fully saturated rings. The molecule has 0 radical (unpaired) electrons. The summed E-state index contributed by atoms with van der Waals surface area (Å²) < 4.78 is 14.3. The van der Waals surface area contributed by atoms with E-state index in [4.69, 9.17) is 14.3 Å². The third-order valence-electron chi connectivity index (χ3n) is 4.66. The smallest absolute Gasteiger partial charge is 0.259 e. The predicted octanol–water partition coefficient (Wildman–Crippen LogP) is 5.93. The number of nitriles is 1. The van der Waals surface area contributed by atoms with Crippen LogP contribution in [0.1, 0.15) is 98.3 Å². The number of hydrogen-bond acceptors (Lipinski definition) is 5. The van der Waals surface area contributed by atoms with Crippen LogP contribution in [0.5, 0.6) is 0 Å². The number of rotatable bonds is 21. The number of nitrogens with zero attached hydrogens (tertiary/aromatic N) is 2. The van der Waals surface area contributed by atoms with Crippen LogP contribution in [0.15, 0.2) is 0 Å². The Bertz CT molecular complexity index is 409. The zero-order valence-corrected chi connectivity index (χ0v) is 20.1. The molecule has 1 atom stereocenters. The lowest BCUT2D eigenvalue weighted by atomic mass is 10.1. The molecule has 6 nitrogen and oxygen atoms in total. The molecule has 0 aliphatic rings. The van der Waals surface area contributed by atoms with Crippen LogP contribution >= 0.6 is 8.53 Å². The van der Waals surface area contributed by atoms with Crippen molar-refractivity contribution in [3.8, 4) is 6.07 Å². The quantitative estimate of drug-likeness (QED) is 0.139. The predicted molar refractivity (Wildman–Crippen MR) is 121 cm³/mol. The second-order valence-electron chi connectivity index (χ2n) is 7.99. The first-order chi connectivity index (χ1) is 14.0. The zero-order chi connectivity index (χ0) is 21.7. The van der Waals surface area contributed by atoms with E-state index in [-0.39, 0.29) is 0 Å². The van der Waals surface area contributed by atoms with Gasteiger partial charge in [-0.2, -0.15) is 5.26 Å². The standard InChI is InChI=1S/C22H44N3O3P/c1-21(2)25(22(3)4)29(28-19-15-16-23)27-18-14-12-10-8-6-5-7-9-11-13-17-24-20-26/h20-22H,5-15,17-19H2,1-4H3,(H,24,26). The van der Waals surface area contributed by atoms with Crippen LogP contribution < -0.4 is 5.32 Å². The number of unbranched alkanes of at least 4 members (excludes halogenated alkanes) is 9. The third kappa shape index (κ3) is 16.7. The van der Waals surface area contributed by atoms with E-state index >= 15 is 0 Å². The monoisotopic (exact) mass is 429 g/mol. The van der Waals surface area contributed by atoms with Crippen molar-refractivity contribution in [1.82, 2.24) is 9.99 Å². The van der Waals surface area contributed by atoms with Crippen LogP contribution in [0.3, 0.4) is 0 Å². The highest BCUT2D eigenvalue weighted by Gasteiger charge is 2.26. The maximum absolute atomic E-state index is 10.1. The number of nitrogens with one attached hydrogen (secondary N) is 1. The van der Waals surface area contributed by atoms with Gasteiger partial charge >= 0.3 is 0 Å². The van der Waals surface area contributed by atoms with Crippen LogP contribution in [0.25, 0.3) is 0 Å². The van der Waals surface area contributed by atoms with Crippen molar-refractivity contribution in [1.29, 1.82) is 5.26 Å². The summed E-state index contributed by atoms with van der Waals surface area (Å²) in [4.78, 5) is 10.1. The topological polar surface area (TPSA) is 74.6 Å². The summed E-state index contributed by atoms with van der Waals surface area (Å²) in [7, 11) is -1.10. The lowest BCUT2D eigenvalue weighted by Crippen LogP contribution is -2.33. The Morgan fingerprint density at radius 1 is 0.862 bits per heavy atom. The maximum Gasteiger partial charge on any atom is 0.259 e. The second-order valence-corrected chi connectivity index (χ2v) is 9.44. The van der Waals surface area contributed by atoms with Crippen LogP contribution in [0.4, 0.5) is 0 Å². The molecule has 1 unspecified atom stereocenters. The average Bonchev–Trinajstić information content (AvgIpc) is 2.67. The van der Waals surface area contributed by atoms with Gasteiger partial charge in [0.05, 0.1) is 25.7 Å². The Hall–Kier alpha value is -0.730. The van der Waals surface area contributed by atoms with Crippen molar-refractivity contribution >= 4 is 14.9 Å². The summed E-state index contributed by atoms with van der Waals surface area (Å²) in [5.74, 6) is 0. The first-order valence-corrected chi connectivity index (χ1v) is 12.6. The molecule has 0 aromatic rings. The van der Waals surface area contributed by atoms with E-state index < -0.39 is 8.53 Å². The van der Waals surface area contributed by atoms with E-state index in [9.17, 15) is 4.79 Å². The molecule has 0 bridgehead atoms. The molecule has 0 saturated heterocycles. The summed E-state index contributed by atoms with van der Waals surface area (Å²) in [6.45, 7) is 10.6. The fraction of sp³-hybridized carbons (Fsp3) is 0.909. The van der Waals surface area contributed by atoms with Gasteiger partial charge in [-0.25, -0.2) is 4.67 Å². The van der Waals surface area contributed by atoms with Gasteiger partial charge in [0.15, 0.2) is 0 Å². The number of hydrogen-bond donors (Lipinski definition) is 1.